The van der Waals surface area contributed by atoms with Gasteiger partial charge in [0, 0.05) is 46.8 Å². The number of nitrogens with one attached hydrogen (secondary N) is 2. The van der Waals surface area contributed by atoms with Gasteiger partial charge in [0.1, 0.15) is 5.82 Å². The van der Waals surface area contributed by atoms with Crippen LogP contribution in [0.3, 0.4) is 0 Å². The number of alkyl carbamates (subject to hydrolysis) is 1. The molecule has 7 nitrogen and oxygen atoms in total. The molecule has 4 rings (SSSR count). The summed E-state index contributed by atoms with van der Waals surface area (Å²) in [6.45, 7) is 2.05. The van der Waals surface area contributed by atoms with Crippen LogP contribution in [0.15, 0.2) is 42.5 Å². The third kappa shape index (κ3) is 3.96. The van der Waals surface area contributed by atoms with Crippen molar-refractivity contribution in [3.8, 4) is 0 Å². The number of aryl methyl sites for hydroxylation is 1. The second kappa shape index (κ2) is 7.62. The van der Waals surface area contributed by atoms with Crippen molar-refractivity contribution in [1.29, 1.82) is 0 Å². The van der Waals surface area contributed by atoms with Gasteiger partial charge in [-0.3, -0.25) is 4.79 Å². The lowest BCUT2D eigenvalue weighted by Gasteiger charge is -2.22. The number of aromatic nitrogens is 1. The molecule has 9 heteroatoms. The van der Waals surface area contributed by atoms with Crippen molar-refractivity contribution >= 4 is 40.2 Å². The molecule has 0 bridgehead atoms. The summed E-state index contributed by atoms with van der Waals surface area (Å²) in [5.74, 6) is -3.53. The first-order valence-electron chi connectivity index (χ1n) is 9.29. The van der Waals surface area contributed by atoms with Crippen LogP contribution in [0, 0.1) is 12.7 Å². The van der Waals surface area contributed by atoms with Gasteiger partial charge in [-0.05, 0) is 55.0 Å². The van der Waals surface area contributed by atoms with E-state index in [9.17, 15) is 19.1 Å². The van der Waals surface area contributed by atoms with Gasteiger partial charge in [0.25, 0.3) is 11.7 Å². The second-order valence-electron chi connectivity index (χ2n) is 7.24. The molecule has 0 saturated carbocycles. The van der Waals surface area contributed by atoms with Crippen LogP contribution in [0.25, 0.3) is 10.9 Å². The first kappa shape index (κ1) is 20.2. The average molecular weight is 432 g/mol. The molecule has 30 heavy (non-hydrogen) atoms. The predicted molar refractivity (Wildman–Crippen MR) is 110 cm³/mol. The van der Waals surface area contributed by atoms with Crippen LogP contribution in [-0.4, -0.2) is 34.4 Å². The van der Waals surface area contributed by atoms with Crippen molar-refractivity contribution in [3.63, 3.8) is 0 Å². The monoisotopic (exact) mass is 431 g/mol. The van der Waals surface area contributed by atoms with Crippen molar-refractivity contribution < 1.29 is 23.8 Å². The van der Waals surface area contributed by atoms with Crippen LogP contribution in [0.1, 0.15) is 17.7 Å². The number of nitrogens with zero attached hydrogens (tertiary/aromatic N) is 1. The van der Waals surface area contributed by atoms with Crippen LogP contribution in [0.5, 0.6) is 0 Å². The molecule has 2 aromatic carbocycles. The largest absolute Gasteiger partial charge is 0.410 e. The number of hydrogen-bond donors (Lipinski definition) is 3. The number of anilines is 1. The fraction of sp³-hybridized carbons (Fsp3) is 0.238. The van der Waals surface area contributed by atoms with Crippen molar-refractivity contribution in [2.45, 2.75) is 25.7 Å². The Balaban J connectivity index is 1.42. The van der Waals surface area contributed by atoms with E-state index in [0.717, 1.165) is 22.7 Å². The maximum absolute atomic E-state index is 13.4. The normalized spacial score (nSPS) is 18.8. The lowest BCUT2D eigenvalue weighted by atomic mass is 10.2. The minimum absolute atomic E-state index is 0.0742. The van der Waals surface area contributed by atoms with E-state index in [1.165, 1.54) is 17.0 Å². The number of ether oxygens (including phenoxy) is 1. The number of hydrogen-bond acceptors (Lipinski definition) is 4. The highest BCUT2D eigenvalue weighted by molar-refractivity contribution is 6.30. The van der Waals surface area contributed by atoms with Crippen LogP contribution in [0.2, 0.25) is 5.02 Å². The fourth-order valence-electron chi connectivity index (χ4n) is 3.53. The highest BCUT2D eigenvalue weighted by Gasteiger charge is 2.49. The third-order valence-corrected chi connectivity index (χ3v) is 5.14. The zero-order valence-corrected chi connectivity index (χ0v) is 16.8. The van der Waals surface area contributed by atoms with Crippen LogP contribution < -0.4 is 10.2 Å². The minimum Gasteiger partial charge on any atom is -0.407 e. The van der Waals surface area contributed by atoms with Gasteiger partial charge < -0.3 is 25.0 Å². The maximum atomic E-state index is 13.4. The fourth-order valence-corrected chi connectivity index (χ4v) is 3.78. The maximum Gasteiger partial charge on any atom is 0.410 e. The number of benzene rings is 2. The predicted octanol–water partition coefficient (Wildman–Crippen LogP) is 3.62. The molecule has 2 amide bonds. The number of amides is 2. The molecule has 0 unspecified atom stereocenters. The molecule has 1 aliphatic heterocycles. The summed E-state index contributed by atoms with van der Waals surface area (Å²) in [4.78, 5) is 29.5. The van der Waals surface area contributed by atoms with Gasteiger partial charge in [0.15, 0.2) is 0 Å². The lowest BCUT2D eigenvalue weighted by molar-refractivity contribution is -0.175. The molecule has 0 radical (unpaired) electrons. The molecule has 1 aliphatic rings. The molecule has 1 saturated heterocycles. The van der Waals surface area contributed by atoms with Crippen molar-refractivity contribution in [1.82, 2.24) is 10.3 Å². The van der Waals surface area contributed by atoms with Gasteiger partial charge in [0.2, 0.25) is 0 Å². The zero-order valence-electron chi connectivity index (χ0n) is 16.0. The zero-order chi connectivity index (χ0) is 21.5. The molecule has 3 aromatic rings. The first-order chi connectivity index (χ1) is 14.2. The summed E-state index contributed by atoms with van der Waals surface area (Å²) in [6, 6.07) is 11.2. The van der Waals surface area contributed by atoms with E-state index in [1.807, 2.05) is 25.1 Å². The van der Waals surface area contributed by atoms with Gasteiger partial charge in [0.05, 0.1) is 0 Å². The van der Waals surface area contributed by atoms with E-state index in [1.54, 1.807) is 6.07 Å². The number of carbonyl (C=O) groups is 2. The number of rotatable bonds is 4. The standard InChI is InChI=1S/C21H19ClFN3O4/c1-12-6-14-9-17(2-3-18(14)25-12)26-5-4-21(29,19(26)27)30-20(28)24-11-13-7-15(22)10-16(23)8-13/h2-3,6-10,25,29H,4-5,11H2,1H3,(H,24,28)/t21-/m0/s1. The average Bonchev–Trinajstić information content (AvgIpc) is 3.18. The van der Waals surface area contributed by atoms with E-state index in [4.69, 9.17) is 16.3 Å². The smallest absolute Gasteiger partial charge is 0.407 e. The number of carbonyl (C=O) groups excluding carboxylic acids is 2. The topological polar surface area (TPSA) is 94.7 Å². The summed E-state index contributed by atoms with van der Waals surface area (Å²) in [7, 11) is 0. The number of aliphatic hydroxyl groups is 1. The summed E-state index contributed by atoms with van der Waals surface area (Å²) in [6.07, 6.45) is -1.07. The molecule has 0 aliphatic carbocycles. The van der Waals surface area contributed by atoms with Gasteiger partial charge in [-0.25, -0.2) is 9.18 Å². The van der Waals surface area contributed by atoms with E-state index >= 15 is 0 Å². The second-order valence-corrected chi connectivity index (χ2v) is 7.67. The van der Waals surface area contributed by atoms with Gasteiger partial charge >= 0.3 is 6.09 Å². The highest BCUT2D eigenvalue weighted by Crippen LogP contribution is 2.31. The highest BCUT2D eigenvalue weighted by atomic mass is 35.5. The number of halogens is 2. The Bertz CT molecular complexity index is 1130. The van der Waals surface area contributed by atoms with Crippen molar-refractivity contribution in [3.05, 3.63) is 64.6 Å². The van der Waals surface area contributed by atoms with Crippen molar-refractivity contribution in [2.24, 2.45) is 0 Å². The summed E-state index contributed by atoms with van der Waals surface area (Å²) < 4.78 is 18.4. The van der Waals surface area contributed by atoms with Gasteiger partial charge in [-0.2, -0.15) is 0 Å². The molecule has 3 N–H and O–H groups in total. The molecule has 1 atom stereocenters. The Morgan fingerprint density at radius 1 is 1.33 bits per heavy atom. The number of aromatic amines is 1. The molecule has 0 spiro atoms. The number of H-pyrrole nitrogens is 1. The third-order valence-electron chi connectivity index (χ3n) is 4.93. The van der Waals surface area contributed by atoms with Crippen LogP contribution in [-0.2, 0) is 16.1 Å². The molecule has 2 heterocycles. The quantitative estimate of drug-likeness (QED) is 0.550. The Hall–Kier alpha value is -3.10. The first-order valence-corrected chi connectivity index (χ1v) is 9.67. The molecular formula is C21H19ClFN3O4. The molecule has 1 fully saturated rings. The number of fused-ring (bicyclic) bond motifs is 1. The molecule has 1 aromatic heterocycles. The Morgan fingerprint density at radius 3 is 2.90 bits per heavy atom. The van der Waals surface area contributed by atoms with Gasteiger partial charge in [-0.1, -0.05) is 11.6 Å². The summed E-state index contributed by atoms with van der Waals surface area (Å²) in [5.41, 5.74) is 2.94. The van der Waals surface area contributed by atoms with Crippen molar-refractivity contribution in [2.75, 3.05) is 11.4 Å². The van der Waals surface area contributed by atoms with Crippen LogP contribution >= 0.6 is 11.6 Å². The Labute approximate surface area is 176 Å². The van der Waals surface area contributed by atoms with Crippen LogP contribution in [0.4, 0.5) is 14.9 Å². The van der Waals surface area contributed by atoms with E-state index in [-0.39, 0.29) is 24.5 Å². The van der Waals surface area contributed by atoms with E-state index < -0.39 is 23.6 Å². The molecule has 156 valence electrons. The van der Waals surface area contributed by atoms with E-state index in [2.05, 4.69) is 10.3 Å². The van der Waals surface area contributed by atoms with Gasteiger partial charge in [-0.15, -0.1) is 0 Å². The Kier molecular flexibility index (Phi) is 5.13. The van der Waals surface area contributed by atoms with E-state index in [0.29, 0.717) is 11.3 Å². The SMILES string of the molecule is Cc1cc2cc(N3CC[C@](O)(OC(=O)NCc4cc(F)cc(Cl)c4)C3=O)ccc2[nH]1. The minimum atomic E-state index is -2.27. The summed E-state index contributed by atoms with van der Waals surface area (Å²) in [5, 5.41) is 14.1. The summed E-state index contributed by atoms with van der Waals surface area (Å²) >= 11 is 5.78. The Morgan fingerprint density at radius 2 is 2.13 bits per heavy atom. The lowest BCUT2D eigenvalue weighted by Crippen LogP contribution is -2.46. The molecular weight excluding hydrogens is 413 g/mol.